The van der Waals surface area contributed by atoms with Crippen LogP contribution < -0.4 is 0 Å². The molecule has 0 N–H and O–H groups in total. The van der Waals surface area contributed by atoms with Crippen molar-refractivity contribution in [1.29, 1.82) is 0 Å². The molecule has 0 radical (unpaired) electrons. The van der Waals surface area contributed by atoms with Crippen molar-refractivity contribution >= 4 is 23.1 Å². The van der Waals surface area contributed by atoms with Crippen LogP contribution in [0, 0.1) is 0 Å². The molecule has 0 aromatic carbocycles. The molecule has 0 atom stereocenters. The second-order valence-electron chi connectivity index (χ2n) is 1.92. The van der Waals surface area contributed by atoms with Crippen molar-refractivity contribution in [3.63, 3.8) is 0 Å². The Balaban J connectivity index is 2.25. The molecule has 1 aromatic heterocycles. The maximum atomic E-state index is 5.01. The third-order valence-corrected chi connectivity index (χ3v) is 3.10. The quantitative estimate of drug-likeness (QED) is 0.536. The second-order valence-corrected chi connectivity index (χ2v) is 4.02. The topological polar surface area (TPSA) is 44.2 Å². The molecule has 0 aliphatic heterocycles. The van der Waals surface area contributed by atoms with Crippen molar-refractivity contribution < 1.29 is 9.47 Å². The van der Waals surface area contributed by atoms with E-state index in [9.17, 15) is 0 Å². The Morgan fingerprint density at radius 3 is 2.83 bits per heavy atom. The van der Waals surface area contributed by atoms with Crippen LogP contribution in [0.2, 0.25) is 0 Å². The minimum Gasteiger partial charge on any atom is -0.355 e. The van der Waals surface area contributed by atoms with Crippen LogP contribution in [0.15, 0.2) is 9.85 Å². The molecule has 1 rings (SSSR count). The molecule has 12 heavy (non-hydrogen) atoms. The number of ether oxygens (including phenoxy) is 2. The first-order valence-corrected chi connectivity index (χ1v) is 5.18. The Kier molecular flexibility index (Phi) is 4.52. The van der Waals surface area contributed by atoms with Gasteiger partial charge in [0.1, 0.15) is 5.51 Å². The highest BCUT2D eigenvalue weighted by atomic mass is 32.2. The van der Waals surface area contributed by atoms with Gasteiger partial charge in [-0.3, -0.25) is 0 Å². The Morgan fingerprint density at radius 1 is 1.58 bits per heavy atom. The van der Waals surface area contributed by atoms with Crippen LogP contribution in [0.1, 0.15) is 0 Å². The van der Waals surface area contributed by atoms with Crippen LogP contribution in [0.25, 0.3) is 0 Å². The normalized spacial score (nSPS) is 10.9. The fraction of sp³-hybridized carbons (Fsp3) is 0.667. The fourth-order valence-corrected chi connectivity index (χ4v) is 2.14. The monoisotopic (exact) mass is 206 g/mol. The smallest absolute Gasteiger partial charge is 0.174 e. The highest BCUT2D eigenvalue weighted by Gasteiger charge is 2.06. The van der Waals surface area contributed by atoms with Crippen LogP contribution >= 0.6 is 23.1 Å². The van der Waals surface area contributed by atoms with Gasteiger partial charge in [-0.25, -0.2) is 0 Å². The van der Waals surface area contributed by atoms with Crippen molar-refractivity contribution in [1.82, 2.24) is 10.2 Å². The van der Waals surface area contributed by atoms with Gasteiger partial charge in [-0.2, -0.15) is 0 Å². The van der Waals surface area contributed by atoms with E-state index in [1.54, 1.807) is 31.5 Å². The number of methoxy groups -OCH3 is 2. The van der Waals surface area contributed by atoms with Crippen LogP contribution in [-0.4, -0.2) is 36.5 Å². The summed E-state index contributed by atoms with van der Waals surface area (Å²) in [5.74, 6) is 0.738. The van der Waals surface area contributed by atoms with Gasteiger partial charge in [-0.05, 0) is 0 Å². The molecule has 0 amide bonds. The first-order valence-electron chi connectivity index (χ1n) is 3.31. The fourth-order valence-electron chi connectivity index (χ4n) is 0.597. The molecule has 0 fully saturated rings. The van der Waals surface area contributed by atoms with Gasteiger partial charge in [0.2, 0.25) is 0 Å². The van der Waals surface area contributed by atoms with E-state index in [2.05, 4.69) is 10.2 Å². The maximum absolute atomic E-state index is 5.01. The molecule has 1 heterocycles. The van der Waals surface area contributed by atoms with Crippen LogP contribution in [0.3, 0.4) is 0 Å². The molecule has 0 aliphatic rings. The van der Waals surface area contributed by atoms with Crippen LogP contribution in [-0.2, 0) is 9.47 Å². The number of nitrogens with zero attached hydrogens (tertiary/aromatic N) is 2. The molecule has 0 aliphatic carbocycles. The summed E-state index contributed by atoms with van der Waals surface area (Å²) in [5, 5.41) is 7.59. The zero-order valence-electron chi connectivity index (χ0n) is 6.89. The molecule has 0 saturated heterocycles. The van der Waals surface area contributed by atoms with Gasteiger partial charge in [0.05, 0.1) is 5.75 Å². The van der Waals surface area contributed by atoms with Gasteiger partial charge in [0, 0.05) is 14.2 Å². The molecule has 0 spiro atoms. The molecule has 0 unspecified atom stereocenters. The largest absolute Gasteiger partial charge is 0.355 e. The van der Waals surface area contributed by atoms with E-state index in [0.29, 0.717) is 0 Å². The lowest BCUT2D eigenvalue weighted by Gasteiger charge is -2.10. The summed E-state index contributed by atoms with van der Waals surface area (Å²) < 4.78 is 11.0. The molecular weight excluding hydrogens is 196 g/mol. The SMILES string of the molecule is COC(CSc1nncs1)OC. The number of hydrogen-bond donors (Lipinski definition) is 0. The standard InChI is InChI=1S/C6H10N2O2S2/c1-9-5(10-2)3-11-6-8-7-4-12-6/h4-5H,3H2,1-2H3. The van der Waals surface area contributed by atoms with Gasteiger partial charge in [0.15, 0.2) is 10.6 Å². The predicted octanol–water partition coefficient (Wildman–Crippen LogP) is 1.25. The number of rotatable bonds is 5. The Bertz CT molecular complexity index is 201. The zero-order valence-corrected chi connectivity index (χ0v) is 8.52. The van der Waals surface area contributed by atoms with Crippen molar-refractivity contribution in [3.8, 4) is 0 Å². The Hall–Kier alpha value is -0.170. The van der Waals surface area contributed by atoms with E-state index in [1.807, 2.05) is 0 Å². The third-order valence-electron chi connectivity index (χ3n) is 1.21. The summed E-state index contributed by atoms with van der Waals surface area (Å²) in [7, 11) is 3.24. The lowest BCUT2D eigenvalue weighted by Crippen LogP contribution is -2.15. The van der Waals surface area contributed by atoms with E-state index >= 15 is 0 Å². The van der Waals surface area contributed by atoms with Crippen molar-refractivity contribution in [3.05, 3.63) is 5.51 Å². The Labute approximate surface area is 79.3 Å². The average molecular weight is 206 g/mol. The second kappa shape index (κ2) is 5.47. The predicted molar refractivity (Wildman–Crippen MR) is 48.4 cm³/mol. The lowest BCUT2D eigenvalue weighted by atomic mass is 10.7. The van der Waals surface area contributed by atoms with Gasteiger partial charge < -0.3 is 9.47 Å². The molecule has 68 valence electrons. The summed E-state index contributed by atoms with van der Waals surface area (Å²) >= 11 is 3.09. The first-order chi connectivity index (χ1) is 5.86. The van der Waals surface area contributed by atoms with Gasteiger partial charge >= 0.3 is 0 Å². The molecule has 4 nitrogen and oxygen atoms in total. The maximum Gasteiger partial charge on any atom is 0.174 e. The van der Waals surface area contributed by atoms with E-state index in [4.69, 9.17) is 9.47 Å². The molecule has 1 aromatic rings. The van der Waals surface area contributed by atoms with Crippen LogP contribution in [0.4, 0.5) is 0 Å². The molecule has 6 heteroatoms. The van der Waals surface area contributed by atoms with Gasteiger partial charge in [-0.1, -0.05) is 23.1 Å². The summed E-state index contributed by atoms with van der Waals surface area (Å²) in [5.41, 5.74) is 1.71. The van der Waals surface area contributed by atoms with E-state index in [-0.39, 0.29) is 6.29 Å². The average Bonchev–Trinajstić information content (AvgIpc) is 2.59. The summed E-state index contributed by atoms with van der Waals surface area (Å²) in [4.78, 5) is 0. The summed E-state index contributed by atoms with van der Waals surface area (Å²) in [6.45, 7) is 0. The minimum atomic E-state index is -0.168. The third kappa shape index (κ3) is 3.06. The number of hydrogen-bond acceptors (Lipinski definition) is 6. The van der Waals surface area contributed by atoms with E-state index in [0.717, 1.165) is 10.1 Å². The lowest BCUT2D eigenvalue weighted by molar-refractivity contribution is -0.0842. The highest BCUT2D eigenvalue weighted by molar-refractivity contribution is 8.01. The Morgan fingerprint density at radius 2 is 2.33 bits per heavy atom. The molecular formula is C6H10N2O2S2. The van der Waals surface area contributed by atoms with Crippen molar-refractivity contribution in [2.45, 2.75) is 10.6 Å². The summed E-state index contributed by atoms with van der Waals surface area (Å²) in [6.07, 6.45) is -0.168. The van der Waals surface area contributed by atoms with Gasteiger partial charge in [-0.15, -0.1) is 10.2 Å². The van der Waals surface area contributed by atoms with E-state index < -0.39 is 0 Å². The van der Waals surface area contributed by atoms with E-state index in [1.165, 1.54) is 11.3 Å². The number of thioether (sulfide) groups is 1. The first kappa shape index (κ1) is 9.91. The van der Waals surface area contributed by atoms with Crippen molar-refractivity contribution in [2.75, 3.05) is 20.0 Å². The van der Waals surface area contributed by atoms with Crippen LogP contribution in [0.5, 0.6) is 0 Å². The zero-order chi connectivity index (χ0) is 8.81. The summed E-state index contributed by atoms with van der Waals surface area (Å²) in [6, 6.07) is 0. The molecule has 0 bridgehead atoms. The molecule has 0 saturated carbocycles. The number of aromatic nitrogens is 2. The van der Waals surface area contributed by atoms with Gasteiger partial charge in [0.25, 0.3) is 0 Å². The minimum absolute atomic E-state index is 0.168. The highest BCUT2D eigenvalue weighted by Crippen LogP contribution is 2.20. The van der Waals surface area contributed by atoms with Crippen molar-refractivity contribution in [2.24, 2.45) is 0 Å².